The quantitative estimate of drug-likeness (QED) is 0.520. The molecule has 0 heterocycles. The van der Waals surface area contributed by atoms with Crippen molar-refractivity contribution in [2.24, 2.45) is 5.92 Å². The average molecular weight is 125 g/mol. The van der Waals surface area contributed by atoms with E-state index < -0.39 is 0 Å². The molecule has 0 aliphatic carbocycles. The van der Waals surface area contributed by atoms with Gasteiger partial charge in [-0.15, -0.1) is 6.42 Å². The van der Waals surface area contributed by atoms with Gasteiger partial charge >= 0.3 is 6.47 Å². The fourth-order valence-electron chi connectivity index (χ4n) is 0.313. The van der Waals surface area contributed by atoms with Gasteiger partial charge in [-0.05, 0) is 13.8 Å². The summed E-state index contributed by atoms with van der Waals surface area (Å²) in [5.74, 6) is 2.41. The van der Waals surface area contributed by atoms with Gasteiger partial charge in [0.05, 0.1) is 5.92 Å². The Hall–Kier alpha value is -0.970. The third kappa shape index (κ3) is 2.76. The van der Waals surface area contributed by atoms with Crippen molar-refractivity contribution in [3.05, 3.63) is 0 Å². The molecule has 9 heavy (non-hydrogen) atoms. The van der Waals surface area contributed by atoms with E-state index in [2.05, 4.69) is 10.7 Å². The lowest BCUT2D eigenvalue weighted by Crippen LogP contribution is -2.15. The van der Waals surface area contributed by atoms with Crippen LogP contribution < -0.4 is 0 Å². The maximum atomic E-state index is 9.62. The number of terminal acetylenes is 1. The number of carbonyl (C=O) groups excluding carboxylic acids is 1. The minimum absolute atomic E-state index is 0.0357. The van der Waals surface area contributed by atoms with Crippen molar-refractivity contribution in [1.29, 1.82) is 0 Å². The first-order chi connectivity index (χ1) is 4.22. The van der Waals surface area contributed by atoms with Gasteiger partial charge in [0, 0.05) is 0 Å². The van der Waals surface area contributed by atoms with Crippen molar-refractivity contribution >= 4 is 6.47 Å². The van der Waals surface area contributed by atoms with Crippen molar-refractivity contribution in [3.63, 3.8) is 0 Å². The molecule has 0 aromatic rings. The molecule has 0 rings (SSSR count). The highest BCUT2D eigenvalue weighted by Crippen LogP contribution is 2.02. The van der Waals surface area contributed by atoms with Gasteiger partial charge in [-0.25, -0.2) is 4.79 Å². The third-order valence-corrected chi connectivity index (χ3v) is 1.20. The van der Waals surface area contributed by atoms with Crippen LogP contribution in [0.1, 0.15) is 13.8 Å². The standard InChI is InChI=1S/C7H9O2/c1-4-6(2)7(3)9-5-8/h1,6-7H,2-3H3. The smallest absolute Gasteiger partial charge is 0.417 e. The summed E-state index contributed by atoms with van der Waals surface area (Å²) >= 11 is 0. The maximum Gasteiger partial charge on any atom is 0.417 e. The Bertz CT molecular complexity index is 123. The summed E-state index contributed by atoms with van der Waals surface area (Å²) in [5.41, 5.74) is 0. The van der Waals surface area contributed by atoms with Gasteiger partial charge in [0.25, 0.3) is 0 Å². The van der Waals surface area contributed by atoms with E-state index >= 15 is 0 Å². The van der Waals surface area contributed by atoms with Crippen molar-refractivity contribution in [1.82, 2.24) is 0 Å². The van der Waals surface area contributed by atoms with Gasteiger partial charge in [0.2, 0.25) is 0 Å². The molecule has 0 bridgehead atoms. The van der Waals surface area contributed by atoms with Gasteiger partial charge in [0.1, 0.15) is 6.10 Å². The fraction of sp³-hybridized carbons (Fsp3) is 0.571. The van der Waals surface area contributed by atoms with E-state index in [0.29, 0.717) is 0 Å². The first-order valence-electron chi connectivity index (χ1n) is 2.71. The number of ether oxygens (including phenoxy) is 1. The summed E-state index contributed by atoms with van der Waals surface area (Å²) in [6.45, 7) is 4.88. The monoisotopic (exact) mass is 125 g/mol. The Morgan fingerprint density at radius 2 is 2.11 bits per heavy atom. The summed E-state index contributed by atoms with van der Waals surface area (Å²) < 4.78 is 4.45. The summed E-state index contributed by atoms with van der Waals surface area (Å²) in [7, 11) is 0. The molecule has 2 nitrogen and oxygen atoms in total. The summed E-state index contributed by atoms with van der Waals surface area (Å²) in [6, 6.07) is 0. The minimum Gasteiger partial charge on any atom is -0.453 e. The number of hydrogen-bond acceptors (Lipinski definition) is 2. The third-order valence-electron chi connectivity index (χ3n) is 1.20. The molecule has 0 spiro atoms. The molecular formula is C7H9O2. The number of rotatable bonds is 3. The molecule has 0 aliphatic rings. The molecule has 0 aliphatic heterocycles. The Morgan fingerprint density at radius 3 is 2.44 bits per heavy atom. The van der Waals surface area contributed by atoms with Gasteiger partial charge in [0.15, 0.2) is 0 Å². The molecule has 2 heteroatoms. The van der Waals surface area contributed by atoms with Crippen LogP contribution in [0.15, 0.2) is 0 Å². The molecule has 0 saturated heterocycles. The van der Waals surface area contributed by atoms with Gasteiger partial charge in [-0.1, -0.05) is 5.92 Å². The zero-order valence-electron chi connectivity index (χ0n) is 5.55. The van der Waals surface area contributed by atoms with Crippen LogP contribution >= 0.6 is 0 Å². The van der Waals surface area contributed by atoms with E-state index in [1.54, 1.807) is 6.92 Å². The lowest BCUT2D eigenvalue weighted by Gasteiger charge is -2.10. The predicted octanol–water partition coefficient (Wildman–Crippen LogP) is 0.728. The van der Waals surface area contributed by atoms with Crippen LogP contribution in [-0.4, -0.2) is 12.6 Å². The molecule has 49 valence electrons. The summed E-state index contributed by atoms with van der Waals surface area (Å²) in [5, 5.41) is 0. The molecule has 2 atom stereocenters. The lowest BCUT2D eigenvalue weighted by atomic mass is 10.1. The zero-order valence-corrected chi connectivity index (χ0v) is 5.55. The molecule has 0 aromatic heterocycles. The second-order valence-electron chi connectivity index (χ2n) is 1.86. The minimum atomic E-state index is -0.229. The van der Waals surface area contributed by atoms with Crippen LogP contribution in [0.2, 0.25) is 0 Å². The summed E-state index contributed by atoms with van der Waals surface area (Å²) in [4.78, 5) is 9.62. The fourth-order valence-corrected chi connectivity index (χ4v) is 0.313. The predicted molar refractivity (Wildman–Crippen MR) is 34.2 cm³/mol. The Balaban J connectivity index is 3.60. The van der Waals surface area contributed by atoms with Crippen molar-refractivity contribution < 1.29 is 9.53 Å². The molecule has 0 fully saturated rings. The van der Waals surface area contributed by atoms with E-state index in [1.165, 1.54) is 6.47 Å². The van der Waals surface area contributed by atoms with Crippen LogP contribution in [-0.2, 0) is 9.53 Å². The average Bonchev–Trinajstić information content (AvgIpc) is 1.87. The Morgan fingerprint density at radius 1 is 1.56 bits per heavy atom. The Labute approximate surface area is 55.2 Å². The van der Waals surface area contributed by atoms with E-state index in [9.17, 15) is 4.79 Å². The van der Waals surface area contributed by atoms with Crippen molar-refractivity contribution in [2.75, 3.05) is 0 Å². The molecule has 0 N–H and O–H groups in total. The van der Waals surface area contributed by atoms with Gasteiger partial charge in [-0.3, -0.25) is 0 Å². The lowest BCUT2D eigenvalue weighted by molar-refractivity contribution is 0.164. The topological polar surface area (TPSA) is 26.3 Å². The van der Waals surface area contributed by atoms with Crippen LogP contribution in [0.3, 0.4) is 0 Å². The molecule has 0 saturated carbocycles. The first-order valence-corrected chi connectivity index (χ1v) is 2.71. The molecule has 1 radical (unpaired) electrons. The largest absolute Gasteiger partial charge is 0.453 e. The van der Waals surface area contributed by atoms with Crippen molar-refractivity contribution in [3.8, 4) is 12.3 Å². The maximum absolute atomic E-state index is 9.62. The van der Waals surface area contributed by atoms with E-state index in [4.69, 9.17) is 6.42 Å². The number of hydrogen-bond donors (Lipinski definition) is 0. The van der Waals surface area contributed by atoms with E-state index in [-0.39, 0.29) is 12.0 Å². The second-order valence-corrected chi connectivity index (χ2v) is 1.86. The Kier molecular flexibility index (Phi) is 3.54. The van der Waals surface area contributed by atoms with Crippen LogP contribution in [0, 0.1) is 18.3 Å². The highest BCUT2D eigenvalue weighted by molar-refractivity contribution is 5.38. The van der Waals surface area contributed by atoms with E-state index in [0.717, 1.165) is 0 Å². The van der Waals surface area contributed by atoms with Gasteiger partial charge < -0.3 is 4.74 Å². The molecule has 0 amide bonds. The van der Waals surface area contributed by atoms with Gasteiger partial charge in [-0.2, -0.15) is 0 Å². The van der Waals surface area contributed by atoms with Crippen molar-refractivity contribution in [2.45, 2.75) is 20.0 Å². The zero-order chi connectivity index (χ0) is 7.28. The highest BCUT2D eigenvalue weighted by atomic mass is 16.5. The first kappa shape index (κ1) is 8.03. The van der Waals surface area contributed by atoms with E-state index in [1.807, 2.05) is 6.92 Å². The van der Waals surface area contributed by atoms with Crippen LogP contribution in [0.4, 0.5) is 0 Å². The normalized spacial score (nSPS) is 15.2. The highest BCUT2D eigenvalue weighted by Gasteiger charge is 2.08. The molecule has 2 unspecified atom stereocenters. The SMILES string of the molecule is C#CC(C)C(C)O[C]=O. The molecular weight excluding hydrogens is 116 g/mol. The second kappa shape index (κ2) is 3.96. The molecule has 0 aromatic carbocycles. The van der Waals surface area contributed by atoms with Crippen LogP contribution in [0.25, 0.3) is 0 Å². The summed E-state index contributed by atoms with van der Waals surface area (Å²) in [6.07, 6.45) is 4.81. The van der Waals surface area contributed by atoms with Crippen LogP contribution in [0.5, 0.6) is 0 Å².